The second-order valence-electron chi connectivity index (χ2n) is 6.35. The Labute approximate surface area is 102 Å². The lowest BCUT2D eigenvalue weighted by Crippen LogP contribution is -2.40. The first-order valence-corrected chi connectivity index (χ1v) is 6.81. The highest BCUT2D eigenvalue weighted by Gasteiger charge is 2.25. The standard InChI is InChI=1S/C15H29N/c1-6-9-15(4,5)12-16-10-7-14(8-11-16)13(2)3/h6,9,13-14H,7-8,10-12H2,1-5H3/b9-6+. The molecule has 1 aliphatic heterocycles. The minimum atomic E-state index is 0.333. The van der Waals surface area contributed by atoms with Crippen molar-refractivity contribution in [1.82, 2.24) is 4.90 Å². The Bertz CT molecular complexity index is 220. The van der Waals surface area contributed by atoms with Crippen LogP contribution in [-0.2, 0) is 0 Å². The third kappa shape index (κ3) is 4.29. The fourth-order valence-electron chi connectivity index (χ4n) is 2.86. The van der Waals surface area contributed by atoms with Crippen molar-refractivity contribution < 1.29 is 0 Å². The van der Waals surface area contributed by atoms with Gasteiger partial charge in [0, 0.05) is 6.54 Å². The third-order valence-corrected chi connectivity index (χ3v) is 3.82. The summed E-state index contributed by atoms with van der Waals surface area (Å²) in [5.41, 5.74) is 0.333. The minimum absolute atomic E-state index is 0.333. The van der Waals surface area contributed by atoms with Crippen molar-refractivity contribution >= 4 is 0 Å². The predicted octanol–water partition coefficient (Wildman–Crippen LogP) is 3.96. The SMILES string of the molecule is C/C=C/C(C)(C)CN1CCC(C(C)C)CC1. The van der Waals surface area contributed by atoms with Gasteiger partial charge in [0.15, 0.2) is 0 Å². The average Bonchev–Trinajstić information content (AvgIpc) is 2.17. The van der Waals surface area contributed by atoms with E-state index in [1.807, 2.05) is 0 Å². The van der Waals surface area contributed by atoms with E-state index < -0.39 is 0 Å². The van der Waals surface area contributed by atoms with Gasteiger partial charge in [-0.25, -0.2) is 0 Å². The van der Waals surface area contributed by atoms with Crippen LogP contribution in [0.4, 0.5) is 0 Å². The summed E-state index contributed by atoms with van der Waals surface area (Å²) in [7, 11) is 0. The topological polar surface area (TPSA) is 3.24 Å². The van der Waals surface area contributed by atoms with Crippen molar-refractivity contribution in [3.8, 4) is 0 Å². The monoisotopic (exact) mass is 223 g/mol. The van der Waals surface area contributed by atoms with Crippen molar-refractivity contribution in [2.24, 2.45) is 17.3 Å². The fraction of sp³-hybridized carbons (Fsp3) is 0.867. The van der Waals surface area contributed by atoms with Crippen molar-refractivity contribution in [3.05, 3.63) is 12.2 Å². The van der Waals surface area contributed by atoms with Crippen molar-refractivity contribution in [1.29, 1.82) is 0 Å². The molecule has 1 aliphatic rings. The lowest BCUT2D eigenvalue weighted by atomic mass is 9.85. The quantitative estimate of drug-likeness (QED) is 0.652. The summed E-state index contributed by atoms with van der Waals surface area (Å²) in [6, 6.07) is 0. The summed E-state index contributed by atoms with van der Waals surface area (Å²) >= 11 is 0. The van der Waals surface area contributed by atoms with E-state index in [1.165, 1.54) is 32.5 Å². The van der Waals surface area contributed by atoms with E-state index in [0.717, 1.165) is 11.8 Å². The molecule has 0 unspecified atom stereocenters. The Morgan fingerprint density at radius 2 is 1.81 bits per heavy atom. The highest BCUT2D eigenvalue weighted by atomic mass is 15.1. The summed E-state index contributed by atoms with van der Waals surface area (Å²) < 4.78 is 0. The van der Waals surface area contributed by atoms with Crippen LogP contribution in [0, 0.1) is 17.3 Å². The smallest absolute Gasteiger partial charge is 0.00673 e. The van der Waals surface area contributed by atoms with Gasteiger partial charge in [0.05, 0.1) is 0 Å². The zero-order valence-corrected chi connectivity index (χ0v) is 11.8. The molecular formula is C15H29N. The summed E-state index contributed by atoms with van der Waals surface area (Å²) in [5.74, 6) is 1.83. The van der Waals surface area contributed by atoms with Gasteiger partial charge in [-0.05, 0) is 50.1 Å². The van der Waals surface area contributed by atoms with Gasteiger partial charge in [-0.15, -0.1) is 0 Å². The number of piperidine rings is 1. The molecule has 94 valence electrons. The molecule has 1 saturated heterocycles. The third-order valence-electron chi connectivity index (χ3n) is 3.82. The van der Waals surface area contributed by atoms with Gasteiger partial charge in [0.25, 0.3) is 0 Å². The van der Waals surface area contributed by atoms with Gasteiger partial charge in [-0.1, -0.05) is 39.8 Å². The molecule has 0 N–H and O–H groups in total. The van der Waals surface area contributed by atoms with Gasteiger partial charge in [0.2, 0.25) is 0 Å². The molecule has 0 spiro atoms. The molecule has 0 atom stereocenters. The molecule has 1 heterocycles. The van der Waals surface area contributed by atoms with Crippen molar-refractivity contribution in [2.45, 2.75) is 47.5 Å². The van der Waals surface area contributed by atoms with E-state index in [9.17, 15) is 0 Å². The zero-order chi connectivity index (χ0) is 12.2. The van der Waals surface area contributed by atoms with Crippen LogP contribution < -0.4 is 0 Å². The number of hydrogen-bond acceptors (Lipinski definition) is 1. The first kappa shape index (κ1) is 13.8. The highest BCUT2D eigenvalue weighted by Crippen LogP contribution is 2.27. The maximum Gasteiger partial charge on any atom is 0.00673 e. The molecule has 0 aromatic rings. The van der Waals surface area contributed by atoms with Gasteiger partial charge < -0.3 is 4.90 Å². The highest BCUT2D eigenvalue weighted by molar-refractivity contribution is 4.95. The molecule has 0 aromatic carbocycles. The van der Waals surface area contributed by atoms with E-state index >= 15 is 0 Å². The number of nitrogens with zero attached hydrogens (tertiary/aromatic N) is 1. The molecule has 0 aromatic heterocycles. The second-order valence-corrected chi connectivity index (χ2v) is 6.35. The van der Waals surface area contributed by atoms with Gasteiger partial charge in [-0.2, -0.15) is 0 Å². The molecule has 1 fully saturated rings. The fourth-order valence-corrected chi connectivity index (χ4v) is 2.86. The zero-order valence-electron chi connectivity index (χ0n) is 11.8. The molecule has 1 rings (SSSR count). The van der Waals surface area contributed by atoms with Crippen molar-refractivity contribution in [2.75, 3.05) is 19.6 Å². The van der Waals surface area contributed by atoms with Crippen molar-refractivity contribution in [3.63, 3.8) is 0 Å². The Morgan fingerprint density at radius 1 is 1.25 bits per heavy atom. The maximum atomic E-state index is 2.64. The van der Waals surface area contributed by atoms with Crippen LogP contribution in [0.1, 0.15) is 47.5 Å². The Kier molecular flexibility index (Phi) is 5.04. The molecule has 0 bridgehead atoms. The maximum absolute atomic E-state index is 2.64. The molecule has 1 heteroatoms. The van der Waals surface area contributed by atoms with E-state index in [0.29, 0.717) is 5.41 Å². The van der Waals surface area contributed by atoms with E-state index in [1.54, 1.807) is 0 Å². The van der Waals surface area contributed by atoms with Gasteiger partial charge >= 0.3 is 0 Å². The first-order valence-electron chi connectivity index (χ1n) is 6.81. The largest absolute Gasteiger partial charge is 0.302 e. The Morgan fingerprint density at radius 3 is 2.25 bits per heavy atom. The van der Waals surface area contributed by atoms with E-state index in [4.69, 9.17) is 0 Å². The molecule has 16 heavy (non-hydrogen) atoms. The van der Waals surface area contributed by atoms with Crippen LogP contribution in [0.5, 0.6) is 0 Å². The minimum Gasteiger partial charge on any atom is -0.302 e. The number of likely N-dealkylation sites (tertiary alicyclic amines) is 1. The average molecular weight is 223 g/mol. The van der Waals surface area contributed by atoms with Crippen LogP contribution in [0.15, 0.2) is 12.2 Å². The lowest BCUT2D eigenvalue weighted by Gasteiger charge is -2.37. The molecule has 1 nitrogen and oxygen atoms in total. The second kappa shape index (κ2) is 5.86. The van der Waals surface area contributed by atoms with Gasteiger partial charge in [-0.3, -0.25) is 0 Å². The molecule has 0 radical (unpaired) electrons. The molecule has 0 aliphatic carbocycles. The Balaban J connectivity index is 2.37. The van der Waals surface area contributed by atoms with E-state index in [-0.39, 0.29) is 0 Å². The summed E-state index contributed by atoms with van der Waals surface area (Å²) in [4.78, 5) is 2.64. The van der Waals surface area contributed by atoms with Crippen LogP contribution in [0.3, 0.4) is 0 Å². The first-order chi connectivity index (χ1) is 7.44. The summed E-state index contributed by atoms with van der Waals surface area (Å²) in [6.07, 6.45) is 7.30. The number of allylic oxidation sites excluding steroid dienone is 1. The molecular weight excluding hydrogens is 194 g/mol. The normalized spacial score (nSPS) is 21.1. The van der Waals surface area contributed by atoms with Crippen LogP contribution >= 0.6 is 0 Å². The predicted molar refractivity (Wildman–Crippen MR) is 72.6 cm³/mol. The number of hydrogen-bond donors (Lipinski definition) is 0. The lowest BCUT2D eigenvalue weighted by molar-refractivity contribution is 0.129. The number of rotatable bonds is 4. The van der Waals surface area contributed by atoms with Gasteiger partial charge in [0.1, 0.15) is 0 Å². The Hall–Kier alpha value is -0.300. The van der Waals surface area contributed by atoms with Crippen LogP contribution in [-0.4, -0.2) is 24.5 Å². The molecule has 0 saturated carbocycles. The van der Waals surface area contributed by atoms with Crippen LogP contribution in [0.25, 0.3) is 0 Å². The van der Waals surface area contributed by atoms with Crippen LogP contribution in [0.2, 0.25) is 0 Å². The van der Waals surface area contributed by atoms with E-state index in [2.05, 4.69) is 51.7 Å². The summed E-state index contributed by atoms with van der Waals surface area (Å²) in [5, 5.41) is 0. The molecule has 0 amide bonds. The summed E-state index contributed by atoms with van der Waals surface area (Å²) in [6.45, 7) is 15.3.